The quantitative estimate of drug-likeness (QED) is 0.365. The number of allylic oxidation sites excluding steroid dienone is 1. The first kappa shape index (κ1) is 26.9. The van der Waals surface area contributed by atoms with Crippen molar-refractivity contribution in [3.8, 4) is 23.4 Å². The summed E-state index contributed by atoms with van der Waals surface area (Å²) < 4.78 is 17.1. The van der Waals surface area contributed by atoms with Crippen molar-refractivity contribution in [2.75, 3.05) is 26.8 Å². The molecule has 0 bridgehead atoms. The van der Waals surface area contributed by atoms with E-state index >= 15 is 0 Å². The largest absolute Gasteiger partial charge is 0.493 e. The summed E-state index contributed by atoms with van der Waals surface area (Å²) in [5, 5.41) is 17.4. The molecule has 1 aliphatic rings. The fourth-order valence-electron chi connectivity index (χ4n) is 4.33. The molecule has 0 spiro atoms. The van der Waals surface area contributed by atoms with Gasteiger partial charge in [-0.25, -0.2) is 0 Å². The van der Waals surface area contributed by atoms with Crippen LogP contribution in [0.25, 0.3) is 0 Å². The summed E-state index contributed by atoms with van der Waals surface area (Å²) in [6, 6.07) is 15.9. The zero-order chi connectivity index (χ0) is 27.2. The van der Waals surface area contributed by atoms with Gasteiger partial charge in [-0.15, -0.1) is 16.9 Å². The number of nitrogens with zero attached hydrogens (tertiary/aromatic N) is 3. The van der Waals surface area contributed by atoms with Crippen LogP contribution in [0.2, 0.25) is 0 Å². The number of fused-ring (bicyclic) bond motifs is 1. The number of hydrogen-bond acceptors (Lipinski definition) is 8. The SMILES string of the molecule is CCN(CC)C(=O)COc1ccc([C@H]2C(C#N)=C(N)Oc3n[nH]c(CSc4ccc(C)cc4)c32)cc1OC. The molecule has 9 nitrogen and oxygen atoms in total. The maximum Gasteiger partial charge on any atom is 0.260 e. The second-order valence-electron chi connectivity index (χ2n) is 8.71. The Balaban J connectivity index is 1.64. The Hall–Kier alpha value is -4.10. The molecule has 3 N–H and O–H groups in total. The van der Waals surface area contributed by atoms with Crippen molar-refractivity contribution in [2.45, 2.75) is 37.3 Å². The van der Waals surface area contributed by atoms with E-state index in [1.165, 1.54) is 12.7 Å². The Labute approximate surface area is 226 Å². The summed E-state index contributed by atoms with van der Waals surface area (Å²) >= 11 is 1.65. The van der Waals surface area contributed by atoms with E-state index in [2.05, 4.69) is 47.5 Å². The monoisotopic (exact) mass is 533 g/mol. The van der Waals surface area contributed by atoms with Gasteiger partial charge in [0.15, 0.2) is 18.1 Å². The molecule has 2 heterocycles. The van der Waals surface area contributed by atoms with E-state index < -0.39 is 5.92 Å². The highest BCUT2D eigenvalue weighted by Gasteiger charge is 2.35. The van der Waals surface area contributed by atoms with Crippen LogP contribution in [0.4, 0.5) is 0 Å². The molecule has 10 heteroatoms. The number of ether oxygens (including phenoxy) is 3. The molecule has 1 amide bonds. The normalized spacial score (nSPS) is 14.3. The third-order valence-corrected chi connectivity index (χ3v) is 7.45. The zero-order valence-electron chi connectivity index (χ0n) is 21.9. The standard InChI is InChI=1S/C28H31N5O4S/c1-5-33(6-2)24(34)15-36-22-12-9-18(13-23(22)35-4)25-20(14-29)27(30)37-28-26(25)21(31-32-28)16-38-19-10-7-17(3)8-11-19/h7-13,25H,5-6,15-16,30H2,1-4H3,(H,31,32)/t25-/m0/s1. The van der Waals surface area contributed by atoms with Gasteiger partial charge in [-0.2, -0.15) is 5.26 Å². The first-order valence-corrected chi connectivity index (χ1v) is 13.3. The maximum atomic E-state index is 12.4. The van der Waals surface area contributed by atoms with Crippen LogP contribution in [0.5, 0.6) is 17.4 Å². The van der Waals surface area contributed by atoms with Crippen LogP contribution in [-0.4, -0.2) is 47.8 Å². The lowest BCUT2D eigenvalue weighted by Crippen LogP contribution is -2.34. The van der Waals surface area contributed by atoms with Gasteiger partial charge >= 0.3 is 0 Å². The van der Waals surface area contributed by atoms with Gasteiger partial charge < -0.3 is 24.8 Å². The number of rotatable bonds is 10. The molecule has 2 aromatic carbocycles. The van der Waals surface area contributed by atoms with Crippen molar-refractivity contribution < 1.29 is 19.0 Å². The number of carbonyl (C=O) groups excluding carboxylic acids is 1. The Morgan fingerprint density at radius 3 is 2.61 bits per heavy atom. The molecule has 0 aliphatic carbocycles. The van der Waals surface area contributed by atoms with Crippen molar-refractivity contribution in [3.05, 3.63) is 76.3 Å². The maximum absolute atomic E-state index is 12.4. The third kappa shape index (κ3) is 5.58. The second kappa shape index (κ2) is 12.0. The predicted octanol–water partition coefficient (Wildman–Crippen LogP) is 4.48. The van der Waals surface area contributed by atoms with Gasteiger partial charge in [0.05, 0.1) is 24.3 Å². The van der Waals surface area contributed by atoms with Gasteiger partial charge in [-0.3, -0.25) is 9.89 Å². The molecular formula is C28H31N5O4S. The number of thioether (sulfide) groups is 1. The number of aromatic amines is 1. The number of hydrogen-bond donors (Lipinski definition) is 2. The lowest BCUT2D eigenvalue weighted by Gasteiger charge is -2.25. The van der Waals surface area contributed by atoms with E-state index in [1.54, 1.807) is 28.8 Å². The number of amides is 1. The lowest BCUT2D eigenvalue weighted by atomic mass is 9.84. The minimum absolute atomic E-state index is 0.0124. The van der Waals surface area contributed by atoms with Crippen molar-refractivity contribution in [3.63, 3.8) is 0 Å². The molecule has 3 aromatic rings. The van der Waals surface area contributed by atoms with E-state index in [9.17, 15) is 10.1 Å². The van der Waals surface area contributed by atoms with Crippen LogP contribution in [0.3, 0.4) is 0 Å². The number of aryl methyl sites for hydroxylation is 1. The predicted molar refractivity (Wildman–Crippen MR) is 145 cm³/mol. The summed E-state index contributed by atoms with van der Waals surface area (Å²) in [5.41, 5.74) is 9.96. The molecule has 38 heavy (non-hydrogen) atoms. The average molecular weight is 534 g/mol. The smallest absolute Gasteiger partial charge is 0.260 e. The Morgan fingerprint density at radius 2 is 1.95 bits per heavy atom. The van der Waals surface area contributed by atoms with Crippen LogP contribution in [-0.2, 0) is 10.5 Å². The van der Waals surface area contributed by atoms with Gasteiger partial charge in [-0.1, -0.05) is 23.8 Å². The summed E-state index contributed by atoms with van der Waals surface area (Å²) in [5.74, 6) is 1.20. The number of nitriles is 1. The van der Waals surface area contributed by atoms with Gasteiger partial charge in [0.25, 0.3) is 5.91 Å². The second-order valence-corrected chi connectivity index (χ2v) is 9.76. The van der Waals surface area contributed by atoms with E-state index in [4.69, 9.17) is 19.9 Å². The van der Waals surface area contributed by atoms with Gasteiger partial charge in [0.1, 0.15) is 11.6 Å². The topological polar surface area (TPSA) is 126 Å². The number of methoxy groups -OCH3 is 1. The highest BCUT2D eigenvalue weighted by atomic mass is 32.2. The first-order chi connectivity index (χ1) is 18.4. The number of carbonyl (C=O) groups is 1. The van der Waals surface area contributed by atoms with Crippen LogP contribution in [0, 0.1) is 18.3 Å². The third-order valence-electron chi connectivity index (χ3n) is 6.41. The molecule has 198 valence electrons. The van der Waals surface area contributed by atoms with E-state index in [0.717, 1.165) is 21.7 Å². The van der Waals surface area contributed by atoms with E-state index in [0.29, 0.717) is 36.2 Å². The molecular weight excluding hydrogens is 502 g/mol. The first-order valence-electron chi connectivity index (χ1n) is 12.3. The molecule has 1 aromatic heterocycles. The summed E-state index contributed by atoms with van der Waals surface area (Å²) in [7, 11) is 1.53. The van der Waals surface area contributed by atoms with Crippen molar-refractivity contribution in [1.82, 2.24) is 15.1 Å². The van der Waals surface area contributed by atoms with Crippen LogP contribution in [0.1, 0.15) is 42.1 Å². The number of benzene rings is 2. The van der Waals surface area contributed by atoms with Crippen LogP contribution >= 0.6 is 11.8 Å². The molecule has 1 atom stereocenters. The molecule has 0 unspecified atom stereocenters. The van der Waals surface area contributed by atoms with Gasteiger partial charge in [-0.05, 0) is 50.6 Å². The van der Waals surface area contributed by atoms with Crippen molar-refractivity contribution in [2.24, 2.45) is 5.73 Å². The summed E-state index contributed by atoms with van der Waals surface area (Å²) in [4.78, 5) is 15.2. The molecule has 0 saturated carbocycles. The number of H-pyrrole nitrogens is 1. The summed E-state index contributed by atoms with van der Waals surface area (Å²) in [6.07, 6.45) is 0. The number of aromatic nitrogens is 2. The molecule has 4 rings (SSSR count). The van der Waals surface area contributed by atoms with Gasteiger partial charge in [0, 0.05) is 23.7 Å². The average Bonchev–Trinajstić information content (AvgIpc) is 3.33. The van der Waals surface area contributed by atoms with Crippen molar-refractivity contribution >= 4 is 17.7 Å². The minimum atomic E-state index is -0.517. The van der Waals surface area contributed by atoms with Crippen molar-refractivity contribution in [1.29, 1.82) is 5.26 Å². The fraction of sp³-hybridized carbons (Fsp3) is 0.321. The Bertz CT molecular complexity index is 1370. The van der Waals surface area contributed by atoms with Gasteiger partial charge in [0.2, 0.25) is 11.8 Å². The lowest BCUT2D eigenvalue weighted by molar-refractivity contribution is -0.132. The van der Waals surface area contributed by atoms with Crippen LogP contribution < -0.4 is 19.9 Å². The molecule has 0 saturated heterocycles. The minimum Gasteiger partial charge on any atom is -0.493 e. The van der Waals surface area contributed by atoms with E-state index in [-0.39, 0.29) is 24.0 Å². The summed E-state index contributed by atoms with van der Waals surface area (Å²) in [6.45, 7) is 7.02. The number of nitrogens with two attached hydrogens (primary N) is 1. The molecule has 0 radical (unpaired) electrons. The van der Waals surface area contributed by atoms with Crippen LogP contribution in [0.15, 0.2) is 58.8 Å². The zero-order valence-corrected chi connectivity index (χ0v) is 22.7. The highest BCUT2D eigenvalue weighted by molar-refractivity contribution is 7.98. The fourth-order valence-corrected chi connectivity index (χ4v) is 5.19. The number of likely N-dealkylation sites (N-methyl/N-ethyl adjacent to an activating group) is 1. The Kier molecular flexibility index (Phi) is 8.48. The number of nitrogens with one attached hydrogen (secondary N) is 1. The molecule has 0 fully saturated rings. The Morgan fingerprint density at radius 1 is 1.21 bits per heavy atom. The van der Waals surface area contributed by atoms with E-state index in [1.807, 2.05) is 19.9 Å². The highest BCUT2D eigenvalue weighted by Crippen LogP contribution is 2.45. The molecule has 1 aliphatic heterocycles.